The first-order valence-corrected chi connectivity index (χ1v) is 8.00. The van der Waals surface area contributed by atoms with Gasteiger partial charge in [-0.05, 0) is 48.2 Å². The Kier molecular flexibility index (Phi) is 3.78. The lowest BCUT2D eigenvalue weighted by Crippen LogP contribution is -2.20. The lowest BCUT2D eigenvalue weighted by molar-refractivity contribution is 0.0949. The predicted octanol–water partition coefficient (Wildman–Crippen LogP) is 2.64. The van der Waals surface area contributed by atoms with Crippen LogP contribution in [0, 0.1) is 0 Å². The molecule has 2 aromatic carbocycles. The molecule has 0 bridgehead atoms. The third-order valence-electron chi connectivity index (χ3n) is 4.28. The third kappa shape index (κ3) is 2.89. The van der Waals surface area contributed by atoms with E-state index in [1.165, 1.54) is 11.8 Å². The number of rotatable bonds is 3. The SMILES string of the molecule is O=C(NN=Cc1ccc(O)cc1)c1[nH]nc2c1CCc1ccccc1-2. The molecule has 3 aromatic rings. The van der Waals surface area contributed by atoms with E-state index in [0.717, 1.165) is 35.2 Å². The third-order valence-corrected chi connectivity index (χ3v) is 4.28. The van der Waals surface area contributed by atoms with Crippen LogP contribution in [-0.4, -0.2) is 27.4 Å². The number of hydrogen-bond donors (Lipinski definition) is 3. The molecule has 3 N–H and O–H groups in total. The van der Waals surface area contributed by atoms with Gasteiger partial charge >= 0.3 is 0 Å². The summed E-state index contributed by atoms with van der Waals surface area (Å²) in [6, 6.07) is 14.7. The second-order valence-electron chi connectivity index (χ2n) is 5.87. The van der Waals surface area contributed by atoms with Crippen molar-refractivity contribution in [2.75, 3.05) is 0 Å². The van der Waals surface area contributed by atoms with Gasteiger partial charge in [-0.2, -0.15) is 10.2 Å². The highest BCUT2D eigenvalue weighted by Gasteiger charge is 2.24. The Balaban J connectivity index is 1.53. The van der Waals surface area contributed by atoms with E-state index in [1.807, 2.05) is 18.2 Å². The molecule has 0 radical (unpaired) electrons. The fourth-order valence-corrected chi connectivity index (χ4v) is 3.03. The maximum absolute atomic E-state index is 12.4. The summed E-state index contributed by atoms with van der Waals surface area (Å²) in [6.07, 6.45) is 3.18. The molecule has 0 saturated heterocycles. The Morgan fingerprint density at radius 1 is 1.16 bits per heavy atom. The monoisotopic (exact) mass is 332 g/mol. The standard InChI is InChI=1S/C19H16N4O2/c24-14-8-5-12(6-9-14)11-20-23-19(25)18-16-10-7-13-3-1-2-4-15(13)17(16)21-22-18/h1-6,8-9,11,24H,7,10H2,(H,21,22)(H,23,25). The van der Waals surface area contributed by atoms with Crippen LogP contribution < -0.4 is 5.43 Å². The summed E-state index contributed by atoms with van der Waals surface area (Å²) in [5.41, 5.74) is 7.84. The number of hydrazone groups is 1. The fourth-order valence-electron chi connectivity index (χ4n) is 3.03. The largest absolute Gasteiger partial charge is 0.508 e. The highest BCUT2D eigenvalue weighted by molar-refractivity contribution is 5.96. The molecule has 1 aliphatic rings. The number of aryl methyl sites for hydroxylation is 1. The van der Waals surface area contributed by atoms with Crippen LogP contribution in [0.5, 0.6) is 5.75 Å². The minimum absolute atomic E-state index is 0.186. The summed E-state index contributed by atoms with van der Waals surface area (Å²) in [7, 11) is 0. The molecule has 6 heteroatoms. The Labute approximate surface area is 144 Å². The molecule has 6 nitrogen and oxygen atoms in total. The van der Waals surface area contributed by atoms with Crippen LogP contribution in [0.3, 0.4) is 0 Å². The molecule has 0 fully saturated rings. The summed E-state index contributed by atoms with van der Waals surface area (Å²) in [5.74, 6) is -0.131. The molecular formula is C19H16N4O2. The Hall–Kier alpha value is -3.41. The number of carbonyl (C=O) groups excluding carboxylic acids is 1. The van der Waals surface area contributed by atoms with Crippen LogP contribution in [-0.2, 0) is 12.8 Å². The van der Waals surface area contributed by atoms with E-state index < -0.39 is 0 Å². The van der Waals surface area contributed by atoms with Crippen LogP contribution >= 0.6 is 0 Å². The summed E-state index contributed by atoms with van der Waals surface area (Å²) < 4.78 is 0. The number of benzene rings is 2. The van der Waals surface area contributed by atoms with Gasteiger partial charge in [-0.15, -0.1) is 0 Å². The molecule has 0 atom stereocenters. The second kappa shape index (κ2) is 6.24. The number of carbonyl (C=O) groups is 1. The maximum Gasteiger partial charge on any atom is 0.289 e. The quantitative estimate of drug-likeness (QED) is 0.509. The smallest absolute Gasteiger partial charge is 0.289 e. The zero-order valence-electron chi connectivity index (χ0n) is 13.4. The Bertz CT molecular complexity index is 958. The van der Waals surface area contributed by atoms with Crippen molar-refractivity contribution in [3.63, 3.8) is 0 Å². The van der Waals surface area contributed by atoms with Crippen molar-refractivity contribution in [3.8, 4) is 17.0 Å². The van der Waals surface area contributed by atoms with Crippen LogP contribution in [0.2, 0.25) is 0 Å². The number of aromatic amines is 1. The summed E-state index contributed by atoms with van der Waals surface area (Å²) >= 11 is 0. The van der Waals surface area contributed by atoms with Gasteiger partial charge in [0.05, 0.1) is 11.9 Å². The topological polar surface area (TPSA) is 90.4 Å². The number of H-pyrrole nitrogens is 1. The number of aromatic nitrogens is 2. The average molecular weight is 332 g/mol. The molecule has 1 amide bonds. The van der Waals surface area contributed by atoms with Gasteiger partial charge in [-0.25, -0.2) is 5.43 Å². The molecule has 124 valence electrons. The zero-order valence-corrected chi connectivity index (χ0v) is 13.4. The van der Waals surface area contributed by atoms with Gasteiger partial charge in [0.15, 0.2) is 0 Å². The lowest BCUT2D eigenvalue weighted by atomic mass is 9.89. The van der Waals surface area contributed by atoms with Crippen LogP contribution in [0.25, 0.3) is 11.3 Å². The van der Waals surface area contributed by atoms with Gasteiger partial charge in [-0.3, -0.25) is 9.89 Å². The molecule has 0 saturated carbocycles. The number of hydrogen-bond acceptors (Lipinski definition) is 4. The van der Waals surface area contributed by atoms with E-state index in [2.05, 4.69) is 26.8 Å². The van der Waals surface area contributed by atoms with Gasteiger partial charge < -0.3 is 5.11 Å². The summed E-state index contributed by atoms with van der Waals surface area (Å²) in [4.78, 5) is 12.4. The number of fused-ring (bicyclic) bond motifs is 3. The zero-order chi connectivity index (χ0) is 17.2. The van der Waals surface area contributed by atoms with E-state index in [0.29, 0.717) is 5.69 Å². The normalized spacial score (nSPS) is 12.6. The van der Waals surface area contributed by atoms with Crippen molar-refractivity contribution >= 4 is 12.1 Å². The van der Waals surface area contributed by atoms with E-state index in [9.17, 15) is 9.90 Å². The Morgan fingerprint density at radius 3 is 2.80 bits per heavy atom. The van der Waals surface area contributed by atoms with Crippen molar-refractivity contribution in [3.05, 3.63) is 70.9 Å². The first-order valence-electron chi connectivity index (χ1n) is 8.00. The first kappa shape index (κ1) is 15.1. The average Bonchev–Trinajstić information content (AvgIpc) is 3.08. The molecule has 1 aromatic heterocycles. The summed E-state index contributed by atoms with van der Waals surface area (Å²) in [6.45, 7) is 0. The molecule has 1 aliphatic carbocycles. The number of aromatic hydroxyl groups is 1. The maximum atomic E-state index is 12.4. The van der Waals surface area contributed by atoms with Gasteiger partial charge in [0, 0.05) is 11.1 Å². The minimum atomic E-state index is -0.317. The van der Waals surface area contributed by atoms with Crippen molar-refractivity contribution in [1.82, 2.24) is 15.6 Å². The lowest BCUT2D eigenvalue weighted by Gasteiger charge is -2.15. The minimum Gasteiger partial charge on any atom is -0.508 e. The molecule has 1 heterocycles. The van der Waals surface area contributed by atoms with E-state index >= 15 is 0 Å². The van der Waals surface area contributed by atoms with E-state index in [-0.39, 0.29) is 11.7 Å². The number of phenols is 1. The van der Waals surface area contributed by atoms with Gasteiger partial charge in [-0.1, -0.05) is 24.3 Å². The first-order chi connectivity index (χ1) is 12.2. The number of nitrogens with zero attached hydrogens (tertiary/aromatic N) is 2. The van der Waals surface area contributed by atoms with Crippen LogP contribution in [0.1, 0.15) is 27.2 Å². The molecule has 0 spiro atoms. The number of phenolic OH excluding ortho intramolecular Hbond substituents is 1. The number of amides is 1. The van der Waals surface area contributed by atoms with Gasteiger partial charge in [0.25, 0.3) is 5.91 Å². The Morgan fingerprint density at radius 2 is 1.96 bits per heavy atom. The van der Waals surface area contributed by atoms with Crippen molar-refractivity contribution < 1.29 is 9.90 Å². The van der Waals surface area contributed by atoms with Crippen molar-refractivity contribution in [2.45, 2.75) is 12.8 Å². The predicted molar refractivity (Wildman–Crippen MR) is 94.6 cm³/mol. The highest BCUT2D eigenvalue weighted by Crippen LogP contribution is 2.33. The molecule has 0 unspecified atom stereocenters. The summed E-state index contributed by atoms with van der Waals surface area (Å²) in [5, 5.41) is 20.4. The van der Waals surface area contributed by atoms with Gasteiger partial charge in [0.2, 0.25) is 0 Å². The van der Waals surface area contributed by atoms with Crippen LogP contribution in [0.4, 0.5) is 0 Å². The van der Waals surface area contributed by atoms with E-state index in [1.54, 1.807) is 24.3 Å². The fraction of sp³-hybridized carbons (Fsp3) is 0.105. The van der Waals surface area contributed by atoms with Crippen molar-refractivity contribution in [2.24, 2.45) is 5.10 Å². The van der Waals surface area contributed by atoms with Gasteiger partial charge in [0.1, 0.15) is 11.4 Å². The van der Waals surface area contributed by atoms with E-state index in [4.69, 9.17) is 0 Å². The molecule has 0 aliphatic heterocycles. The molecule has 4 rings (SSSR count). The van der Waals surface area contributed by atoms with Crippen molar-refractivity contribution in [1.29, 1.82) is 0 Å². The number of nitrogens with one attached hydrogen (secondary N) is 2. The van der Waals surface area contributed by atoms with Crippen LogP contribution in [0.15, 0.2) is 53.6 Å². The molecular weight excluding hydrogens is 316 g/mol. The molecule has 25 heavy (non-hydrogen) atoms. The second-order valence-corrected chi connectivity index (χ2v) is 5.87. The highest BCUT2D eigenvalue weighted by atomic mass is 16.3.